The summed E-state index contributed by atoms with van der Waals surface area (Å²) in [5.41, 5.74) is 5.92. The molecule has 1 aliphatic rings. The van der Waals surface area contributed by atoms with Crippen molar-refractivity contribution in [2.45, 2.75) is 30.6 Å². The first-order chi connectivity index (χ1) is 10.0. The van der Waals surface area contributed by atoms with Crippen molar-refractivity contribution < 1.29 is 13.2 Å². The van der Waals surface area contributed by atoms with Gasteiger partial charge in [0.2, 0.25) is 15.9 Å². The Hall–Kier alpha value is -1.44. The van der Waals surface area contributed by atoms with Crippen LogP contribution in [0.15, 0.2) is 29.2 Å². The van der Waals surface area contributed by atoms with Gasteiger partial charge in [0.15, 0.2) is 0 Å². The molecule has 0 aliphatic heterocycles. The summed E-state index contributed by atoms with van der Waals surface area (Å²) >= 11 is 0. The summed E-state index contributed by atoms with van der Waals surface area (Å²) in [5, 5.41) is 2.71. The van der Waals surface area contributed by atoms with Gasteiger partial charge in [0.05, 0.1) is 4.90 Å². The fourth-order valence-electron chi connectivity index (χ4n) is 1.84. The average molecular weight is 311 g/mol. The zero-order valence-electron chi connectivity index (χ0n) is 11.8. The summed E-state index contributed by atoms with van der Waals surface area (Å²) in [6, 6.07) is 6.17. The molecule has 1 aromatic rings. The molecule has 1 saturated carbocycles. The van der Waals surface area contributed by atoms with Gasteiger partial charge in [0.1, 0.15) is 0 Å². The zero-order chi connectivity index (χ0) is 15.3. The third-order valence-electron chi connectivity index (χ3n) is 3.32. The van der Waals surface area contributed by atoms with Crippen LogP contribution in [0.5, 0.6) is 0 Å². The highest BCUT2D eigenvalue weighted by Gasteiger charge is 2.24. The van der Waals surface area contributed by atoms with Crippen molar-refractivity contribution >= 4 is 21.6 Å². The Labute approximate surface area is 125 Å². The van der Waals surface area contributed by atoms with E-state index >= 15 is 0 Å². The third-order valence-corrected chi connectivity index (χ3v) is 4.75. The molecule has 7 heteroatoms. The van der Waals surface area contributed by atoms with E-state index in [1.807, 2.05) is 0 Å². The number of carbonyl (C=O) groups excluding carboxylic acids is 1. The molecule has 0 heterocycles. The van der Waals surface area contributed by atoms with Crippen molar-refractivity contribution in [2.24, 2.45) is 11.7 Å². The number of sulfonamides is 1. The van der Waals surface area contributed by atoms with E-state index in [0.29, 0.717) is 37.5 Å². The van der Waals surface area contributed by atoms with Gasteiger partial charge in [-0.05, 0) is 56.0 Å². The van der Waals surface area contributed by atoms with E-state index in [0.717, 1.165) is 12.8 Å². The van der Waals surface area contributed by atoms with Crippen molar-refractivity contribution in [1.29, 1.82) is 0 Å². The topological polar surface area (TPSA) is 101 Å². The van der Waals surface area contributed by atoms with Gasteiger partial charge in [-0.25, -0.2) is 13.1 Å². The number of rotatable bonds is 8. The standard InChI is InChI=1S/C14H21N3O3S/c15-9-1-2-14(18)17-12-5-7-13(8-6-12)21(19,20)16-10-11-3-4-11/h5-8,11,16H,1-4,9-10,15H2,(H,17,18). The number of carbonyl (C=O) groups is 1. The van der Waals surface area contributed by atoms with Gasteiger partial charge in [-0.1, -0.05) is 0 Å². The molecule has 1 fully saturated rings. The van der Waals surface area contributed by atoms with E-state index in [1.54, 1.807) is 12.1 Å². The smallest absolute Gasteiger partial charge is 0.240 e. The lowest BCUT2D eigenvalue weighted by Crippen LogP contribution is -2.25. The lowest BCUT2D eigenvalue weighted by Gasteiger charge is -2.08. The molecule has 0 saturated heterocycles. The second kappa shape index (κ2) is 7.02. The molecule has 0 bridgehead atoms. The summed E-state index contributed by atoms with van der Waals surface area (Å²) in [5.74, 6) is 0.365. The Morgan fingerprint density at radius 2 is 1.90 bits per heavy atom. The molecule has 2 rings (SSSR count). The molecule has 4 N–H and O–H groups in total. The third kappa shape index (κ3) is 5.11. The number of amides is 1. The minimum Gasteiger partial charge on any atom is -0.330 e. The summed E-state index contributed by atoms with van der Waals surface area (Å²) in [6.07, 6.45) is 3.18. The van der Waals surface area contributed by atoms with Crippen LogP contribution in [0.2, 0.25) is 0 Å². The Morgan fingerprint density at radius 1 is 1.24 bits per heavy atom. The number of nitrogens with two attached hydrogens (primary N) is 1. The van der Waals surface area contributed by atoms with Crippen LogP contribution in [0.25, 0.3) is 0 Å². The van der Waals surface area contributed by atoms with Crippen LogP contribution in [0.1, 0.15) is 25.7 Å². The molecule has 1 aliphatic carbocycles. The van der Waals surface area contributed by atoms with Gasteiger partial charge < -0.3 is 11.1 Å². The largest absolute Gasteiger partial charge is 0.330 e. The Morgan fingerprint density at radius 3 is 2.48 bits per heavy atom. The fraction of sp³-hybridized carbons (Fsp3) is 0.500. The summed E-state index contributed by atoms with van der Waals surface area (Å²) < 4.78 is 26.7. The van der Waals surface area contributed by atoms with Crippen LogP contribution in [0.3, 0.4) is 0 Å². The van der Waals surface area contributed by atoms with Crippen molar-refractivity contribution in [2.75, 3.05) is 18.4 Å². The van der Waals surface area contributed by atoms with Crippen LogP contribution in [0.4, 0.5) is 5.69 Å². The molecule has 1 amide bonds. The summed E-state index contributed by atoms with van der Waals surface area (Å²) in [7, 11) is -3.45. The average Bonchev–Trinajstić information content (AvgIpc) is 3.28. The van der Waals surface area contributed by atoms with Crippen molar-refractivity contribution in [3.63, 3.8) is 0 Å². The van der Waals surface area contributed by atoms with Crippen LogP contribution in [-0.4, -0.2) is 27.4 Å². The maximum absolute atomic E-state index is 12.0. The minimum absolute atomic E-state index is 0.122. The van der Waals surface area contributed by atoms with Gasteiger partial charge in [-0.3, -0.25) is 4.79 Å². The second-order valence-electron chi connectivity index (χ2n) is 5.26. The predicted octanol–water partition coefficient (Wildman–Crippen LogP) is 1.05. The summed E-state index contributed by atoms with van der Waals surface area (Å²) in [4.78, 5) is 11.8. The van der Waals surface area contributed by atoms with E-state index in [-0.39, 0.29) is 10.8 Å². The Balaban J connectivity index is 1.92. The quantitative estimate of drug-likeness (QED) is 0.668. The normalized spacial score (nSPS) is 14.9. The van der Waals surface area contributed by atoms with Gasteiger partial charge in [0.25, 0.3) is 0 Å². The second-order valence-corrected chi connectivity index (χ2v) is 7.03. The fourth-order valence-corrected chi connectivity index (χ4v) is 2.95. The molecule has 0 spiro atoms. The molecular weight excluding hydrogens is 290 g/mol. The van der Waals surface area contributed by atoms with E-state index in [9.17, 15) is 13.2 Å². The number of hydrogen-bond acceptors (Lipinski definition) is 4. The summed E-state index contributed by atoms with van der Waals surface area (Å²) in [6.45, 7) is 0.969. The minimum atomic E-state index is -3.45. The van der Waals surface area contributed by atoms with E-state index in [2.05, 4.69) is 10.0 Å². The molecule has 0 radical (unpaired) electrons. The number of anilines is 1. The van der Waals surface area contributed by atoms with Crippen LogP contribution in [0, 0.1) is 5.92 Å². The first kappa shape index (κ1) is 15.9. The maximum atomic E-state index is 12.0. The van der Waals surface area contributed by atoms with E-state index in [1.165, 1.54) is 12.1 Å². The van der Waals surface area contributed by atoms with Crippen LogP contribution < -0.4 is 15.8 Å². The van der Waals surface area contributed by atoms with Crippen LogP contribution >= 0.6 is 0 Å². The molecular formula is C14H21N3O3S. The molecule has 116 valence electrons. The molecule has 6 nitrogen and oxygen atoms in total. The lowest BCUT2D eigenvalue weighted by atomic mass is 10.2. The Bertz CT molecular complexity index is 580. The molecule has 0 atom stereocenters. The van der Waals surface area contributed by atoms with Crippen molar-refractivity contribution in [1.82, 2.24) is 4.72 Å². The van der Waals surface area contributed by atoms with Crippen LogP contribution in [-0.2, 0) is 14.8 Å². The highest BCUT2D eigenvalue weighted by molar-refractivity contribution is 7.89. The van der Waals surface area contributed by atoms with Gasteiger partial charge in [0, 0.05) is 18.7 Å². The van der Waals surface area contributed by atoms with Crippen molar-refractivity contribution in [3.8, 4) is 0 Å². The first-order valence-electron chi connectivity index (χ1n) is 7.11. The van der Waals surface area contributed by atoms with E-state index < -0.39 is 10.0 Å². The zero-order valence-corrected chi connectivity index (χ0v) is 12.7. The number of nitrogens with one attached hydrogen (secondary N) is 2. The molecule has 1 aromatic carbocycles. The monoisotopic (exact) mass is 311 g/mol. The Kier molecular flexibility index (Phi) is 5.33. The van der Waals surface area contributed by atoms with Gasteiger partial charge >= 0.3 is 0 Å². The number of hydrogen-bond donors (Lipinski definition) is 3. The predicted molar refractivity (Wildman–Crippen MR) is 81.3 cm³/mol. The van der Waals surface area contributed by atoms with Gasteiger partial charge in [-0.2, -0.15) is 0 Å². The van der Waals surface area contributed by atoms with Gasteiger partial charge in [-0.15, -0.1) is 0 Å². The molecule has 0 aromatic heterocycles. The highest BCUT2D eigenvalue weighted by Crippen LogP contribution is 2.28. The highest BCUT2D eigenvalue weighted by atomic mass is 32.2. The van der Waals surface area contributed by atoms with E-state index in [4.69, 9.17) is 5.73 Å². The lowest BCUT2D eigenvalue weighted by molar-refractivity contribution is -0.116. The first-order valence-corrected chi connectivity index (χ1v) is 8.59. The molecule has 21 heavy (non-hydrogen) atoms. The SMILES string of the molecule is NCCCC(=O)Nc1ccc(S(=O)(=O)NCC2CC2)cc1. The molecule has 0 unspecified atom stereocenters. The van der Waals surface area contributed by atoms with Crippen molar-refractivity contribution in [3.05, 3.63) is 24.3 Å². The number of benzene rings is 1. The maximum Gasteiger partial charge on any atom is 0.240 e.